The predicted molar refractivity (Wildman–Crippen MR) is 118 cm³/mol. The second-order valence-corrected chi connectivity index (χ2v) is 8.62. The van der Waals surface area contributed by atoms with E-state index in [9.17, 15) is 9.59 Å². The number of aromatic nitrogens is 2. The number of amides is 1. The van der Waals surface area contributed by atoms with Crippen molar-refractivity contribution in [3.05, 3.63) is 70.3 Å². The quantitative estimate of drug-likeness (QED) is 0.636. The fourth-order valence-corrected chi connectivity index (χ4v) is 5.34. The molecule has 1 saturated carbocycles. The molecule has 0 unspecified atom stereocenters. The molecule has 1 aliphatic carbocycles. The molecule has 2 fully saturated rings. The Hall–Kier alpha value is -2.95. The predicted octanol–water partition coefficient (Wildman–Crippen LogP) is 4.49. The van der Waals surface area contributed by atoms with Gasteiger partial charge in [0.15, 0.2) is 0 Å². The number of aryl methyl sites for hydroxylation is 1. The number of nitrogens with zero attached hydrogens (tertiary/aromatic N) is 3. The second-order valence-electron chi connectivity index (χ2n) is 8.62. The molecule has 1 aliphatic heterocycles. The minimum atomic E-state index is -0.0849. The first-order chi connectivity index (χ1) is 14.6. The van der Waals surface area contributed by atoms with Crippen LogP contribution in [0, 0.1) is 12.8 Å². The van der Waals surface area contributed by atoms with Gasteiger partial charge >= 0.3 is 0 Å². The van der Waals surface area contributed by atoms with Crippen molar-refractivity contribution < 1.29 is 4.79 Å². The molecule has 2 aliphatic rings. The molecule has 1 saturated heterocycles. The van der Waals surface area contributed by atoms with Crippen LogP contribution in [0.2, 0.25) is 0 Å². The summed E-state index contributed by atoms with van der Waals surface area (Å²) in [6.07, 6.45) is 7.26. The van der Waals surface area contributed by atoms with Crippen LogP contribution in [0.15, 0.2) is 53.3 Å². The number of carbonyl (C=O) groups is 1. The molecular formula is C25H27N3O2. The summed E-state index contributed by atoms with van der Waals surface area (Å²) in [5.74, 6) is 1.43. The van der Waals surface area contributed by atoms with Crippen molar-refractivity contribution in [3.63, 3.8) is 0 Å². The van der Waals surface area contributed by atoms with Crippen LogP contribution in [-0.4, -0.2) is 32.9 Å². The average Bonchev–Trinajstić information content (AvgIpc) is 2.79. The van der Waals surface area contributed by atoms with Crippen LogP contribution < -0.4 is 5.56 Å². The first-order valence-electron chi connectivity index (χ1n) is 11.0. The highest BCUT2D eigenvalue weighted by molar-refractivity contribution is 5.94. The number of hydrogen-bond acceptors (Lipinski definition) is 3. The Kier molecular flexibility index (Phi) is 4.89. The largest absolute Gasteiger partial charge is 0.335 e. The average molecular weight is 402 g/mol. The lowest BCUT2D eigenvalue weighted by atomic mass is 9.78. The zero-order valence-corrected chi connectivity index (χ0v) is 17.4. The molecule has 2 aromatic carbocycles. The molecule has 1 aromatic heterocycles. The van der Waals surface area contributed by atoms with Crippen molar-refractivity contribution in [1.82, 2.24) is 14.5 Å². The Bertz CT molecular complexity index is 1150. The summed E-state index contributed by atoms with van der Waals surface area (Å²) in [6, 6.07) is 15.2. The van der Waals surface area contributed by atoms with Gasteiger partial charge in [0, 0.05) is 18.2 Å². The standard InChI is InChI=1S/C25H27N3O2/c1-17-26-22-10-4-3-9-21(22)25(30)28(17)20-14-12-19(13-15-20)24(29)27-16-6-8-18-7-2-5-11-23(18)27/h3-4,9-10,12-15,18,23H,2,5-8,11,16H2,1H3/t18-,23+/m1/s1. The van der Waals surface area contributed by atoms with Crippen LogP contribution in [0.4, 0.5) is 0 Å². The molecule has 5 heteroatoms. The molecule has 154 valence electrons. The number of carbonyl (C=O) groups excluding carboxylic acids is 1. The van der Waals surface area contributed by atoms with Gasteiger partial charge in [0.05, 0.1) is 16.6 Å². The van der Waals surface area contributed by atoms with E-state index >= 15 is 0 Å². The molecule has 2 atom stereocenters. The van der Waals surface area contributed by atoms with Gasteiger partial charge in [-0.25, -0.2) is 4.98 Å². The molecule has 0 bridgehead atoms. The number of para-hydroxylation sites is 1. The summed E-state index contributed by atoms with van der Waals surface area (Å²) in [5, 5.41) is 0.597. The van der Waals surface area contributed by atoms with Crippen LogP contribution in [0.1, 0.15) is 54.7 Å². The topological polar surface area (TPSA) is 55.2 Å². The molecule has 0 spiro atoms. The van der Waals surface area contributed by atoms with Gasteiger partial charge in [0.2, 0.25) is 0 Å². The van der Waals surface area contributed by atoms with E-state index in [1.807, 2.05) is 49.4 Å². The van der Waals surface area contributed by atoms with Gasteiger partial charge < -0.3 is 4.90 Å². The number of piperidine rings is 1. The molecule has 1 amide bonds. The van der Waals surface area contributed by atoms with Gasteiger partial charge in [-0.15, -0.1) is 0 Å². The Balaban J connectivity index is 1.46. The summed E-state index contributed by atoms with van der Waals surface area (Å²) in [4.78, 5) is 33.0. The van der Waals surface area contributed by atoms with E-state index in [1.165, 1.54) is 25.7 Å². The first kappa shape index (κ1) is 19.0. The van der Waals surface area contributed by atoms with E-state index in [1.54, 1.807) is 10.6 Å². The highest BCUT2D eigenvalue weighted by Crippen LogP contribution is 2.36. The van der Waals surface area contributed by atoms with Crippen LogP contribution in [0.25, 0.3) is 16.6 Å². The molecular weight excluding hydrogens is 374 g/mol. The lowest BCUT2D eigenvalue weighted by Crippen LogP contribution is -2.49. The molecule has 30 heavy (non-hydrogen) atoms. The number of fused-ring (bicyclic) bond motifs is 2. The van der Waals surface area contributed by atoms with Crippen LogP contribution >= 0.6 is 0 Å². The zero-order valence-electron chi connectivity index (χ0n) is 17.4. The van der Waals surface area contributed by atoms with Gasteiger partial charge in [-0.05, 0) is 74.9 Å². The Labute approximate surface area is 176 Å². The first-order valence-corrected chi connectivity index (χ1v) is 11.0. The molecule has 2 heterocycles. The van der Waals surface area contributed by atoms with Crippen molar-refractivity contribution in [2.75, 3.05) is 6.54 Å². The number of benzene rings is 2. The minimum absolute atomic E-state index is 0.0849. The van der Waals surface area contributed by atoms with Gasteiger partial charge in [0.1, 0.15) is 5.82 Å². The monoisotopic (exact) mass is 401 g/mol. The number of rotatable bonds is 2. The lowest BCUT2D eigenvalue weighted by molar-refractivity contribution is 0.0390. The summed E-state index contributed by atoms with van der Waals surface area (Å²) in [7, 11) is 0. The molecule has 0 radical (unpaired) electrons. The number of hydrogen-bond donors (Lipinski definition) is 0. The fraction of sp³-hybridized carbons (Fsp3) is 0.400. The van der Waals surface area contributed by atoms with Gasteiger partial charge in [-0.2, -0.15) is 0 Å². The van der Waals surface area contributed by atoms with Gasteiger partial charge in [-0.3, -0.25) is 14.2 Å². The van der Waals surface area contributed by atoms with Gasteiger partial charge in [0.25, 0.3) is 11.5 Å². The molecule has 5 rings (SSSR count). The van der Waals surface area contributed by atoms with E-state index in [-0.39, 0.29) is 11.5 Å². The summed E-state index contributed by atoms with van der Waals surface area (Å²) in [5.41, 5.74) is 2.05. The number of likely N-dealkylation sites (tertiary alicyclic amines) is 1. The fourth-order valence-electron chi connectivity index (χ4n) is 5.34. The third-order valence-corrected chi connectivity index (χ3v) is 6.82. The summed E-state index contributed by atoms with van der Waals surface area (Å²) >= 11 is 0. The normalized spacial score (nSPS) is 21.4. The third-order valence-electron chi connectivity index (χ3n) is 6.82. The molecule has 0 N–H and O–H groups in total. The SMILES string of the molecule is Cc1nc2ccccc2c(=O)n1-c1ccc(C(=O)N2CCC[C@H]3CCCC[C@@H]32)cc1. The maximum absolute atomic E-state index is 13.3. The Morgan fingerprint density at radius 3 is 2.53 bits per heavy atom. The van der Waals surface area contributed by atoms with E-state index in [0.717, 1.165) is 25.1 Å². The summed E-state index contributed by atoms with van der Waals surface area (Å²) < 4.78 is 1.62. The van der Waals surface area contributed by atoms with E-state index in [0.29, 0.717) is 34.3 Å². The van der Waals surface area contributed by atoms with E-state index in [2.05, 4.69) is 9.88 Å². The van der Waals surface area contributed by atoms with Crippen molar-refractivity contribution in [2.45, 2.75) is 51.5 Å². The van der Waals surface area contributed by atoms with Crippen LogP contribution in [0.3, 0.4) is 0 Å². The highest BCUT2D eigenvalue weighted by Gasteiger charge is 2.35. The van der Waals surface area contributed by atoms with E-state index < -0.39 is 0 Å². The van der Waals surface area contributed by atoms with Gasteiger partial charge in [-0.1, -0.05) is 25.0 Å². The van der Waals surface area contributed by atoms with Crippen molar-refractivity contribution in [1.29, 1.82) is 0 Å². The van der Waals surface area contributed by atoms with E-state index in [4.69, 9.17) is 0 Å². The highest BCUT2D eigenvalue weighted by atomic mass is 16.2. The Morgan fingerprint density at radius 2 is 1.70 bits per heavy atom. The van der Waals surface area contributed by atoms with Crippen molar-refractivity contribution >= 4 is 16.8 Å². The smallest absolute Gasteiger partial charge is 0.265 e. The van der Waals surface area contributed by atoms with Crippen molar-refractivity contribution in [2.24, 2.45) is 5.92 Å². The molecule has 3 aromatic rings. The van der Waals surface area contributed by atoms with Crippen molar-refractivity contribution in [3.8, 4) is 5.69 Å². The van der Waals surface area contributed by atoms with Crippen LogP contribution in [-0.2, 0) is 0 Å². The molecule has 5 nitrogen and oxygen atoms in total. The maximum atomic E-state index is 13.3. The third kappa shape index (κ3) is 3.22. The summed E-state index contributed by atoms with van der Waals surface area (Å²) in [6.45, 7) is 2.69. The minimum Gasteiger partial charge on any atom is -0.335 e. The lowest BCUT2D eigenvalue weighted by Gasteiger charge is -2.44. The maximum Gasteiger partial charge on any atom is 0.265 e. The second kappa shape index (κ2) is 7.71. The zero-order chi connectivity index (χ0) is 20.7. The Morgan fingerprint density at radius 1 is 0.967 bits per heavy atom. The van der Waals surface area contributed by atoms with Crippen LogP contribution in [0.5, 0.6) is 0 Å².